The minimum absolute atomic E-state index is 0.311. The third-order valence-electron chi connectivity index (χ3n) is 3.91. The fraction of sp³-hybridized carbons (Fsp3) is 0.368. The van der Waals surface area contributed by atoms with Crippen LogP contribution >= 0.6 is 0 Å². The molecule has 0 bridgehead atoms. The fourth-order valence-electron chi connectivity index (χ4n) is 2.80. The lowest BCUT2D eigenvalue weighted by atomic mass is 10.1. The van der Waals surface area contributed by atoms with Crippen LogP contribution in [0.3, 0.4) is 0 Å². The molecule has 0 unspecified atom stereocenters. The first-order valence-corrected chi connectivity index (χ1v) is 9.86. The molecule has 0 aromatic heterocycles. The van der Waals surface area contributed by atoms with E-state index in [9.17, 15) is 8.42 Å². The summed E-state index contributed by atoms with van der Waals surface area (Å²) < 4.78 is 29.5. The van der Waals surface area contributed by atoms with Gasteiger partial charge in [-0.1, -0.05) is 48.0 Å². The van der Waals surface area contributed by atoms with Crippen LogP contribution in [0.15, 0.2) is 54.6 Å². The standard InChI is InChI=1S/C11H15N.C8H10O3S/c1-3-7-11(8-4-1)12-9-5-2-6-10-12;1-7-3-2-4-8(5-7)6-12(9,10)11/h1,3-4,7-8H,2,5-6,9-10H2;2-5H,6H2,1H3,(H,9,10,11). The Morgan fingerprint density at radius 2 is 1.62 bits per heavy atom. The van der Waals surface area contributed by atoms with E-state index in [0.29, 0.717) is 5.56 Å². The number of benzene rings is 2. The maximum absolute atomic E-state index is 10.5. The average Bonchev–Trinajstić information content (AvgIpc) is 2.56. The first kappa shape index (κ1) is 18.5. The Hall–Kier alpha value is -1.85. The van der Waals surface area contributed by atoms with E-state index >= 15 is 0 Å². The van der Waals surface area contributed by atoms with Gasteiger partial charge in [0.2, 0.25) is 0 Å². The van der Waals surface area contributed by atoms with E-state index in [-0.39, 0.29) is 5.75 Å². The van der Waals surface area contributed by atoms with Gasteiger partial charge in [-0.15, -0.1) is 0 Å². The summed E-state index contributed by atoms with van der Waals surface area (Å²) in [5.41, 5.74) is 2.98. The molecule has 0 saturated carbocycles. The second-order valence-electron chi connectivity index (χ2n) is 6.10. The van der Waals surface area contributed by atoms with Crippen molar-refractivity contribution in [2.24, 2.45) is 0 Å². The Morgan fingerprint density at radius 3 is 2.21 bits per heavy atom. The molecule has 0 atom stereocenters. The van der Waals surface area contributed by atoms with Gasteiger partial charge in [-0.25, -0.2) is 0 Å². The Kier molecular flexibility index (Phi) is 6.82. The first-order chi connectivity index (χ1) is 11.4. The molecule has 2 aromatic rings. The van der Waals surface area contributed by atoms with Gasteiger partial charge in [-0.05, 0) is 43.9 Å². The summed E-state index contributed by atoms with van der Waals surface area (Å²) in [7, 11) is -3.89. The van der Waals surface area contributed by atoms with Crippen LogP contribution in [0, 0.1) is 6.92 Å². The van der Waals surface area contributed by atoms with Crippen molar-refractivity contribution in [3.05, 3.63) is 65.7 Å². The molecular weight excluding hydrogens is 322 g/mol. The summed E-state index contributed by atoms with van der Waals surface area (Å²) in [5, 5.41) is 0. The Bertz CT molecular complexity index is 723. The number of aryl methyl sites for hydroxylation is 1. The predicted molar refractivity (Wildman–Crippen MR) is 98.9 cm³/mol. The molecule has 0 radical (unpaired) electrons. The van der Waals surface area contributed by atoms with Crippen molar-refractivity contribution in [1.82, 2.24) is 0 Å². The quantitative estimate of drug-likeness (QED) is 0.851. The highest BCUT2D eigenvalue weighted by atomic mass is 32.2. The smallest absolute Gasteiger partial charge is 0.269 e. The molecule has 0 aliphatic carbocycles. The van der Waals surface area contributed by atoms with Crippen LogP contribution in [-0.2, 0) is 15.9 Å². The molecule has 4 nitrogen and oxygen atoms in total. The van der Waals surface area contributed by atoms with Crippen molar-refractivity contribution in [3.8, 4) is 0 Å². The average molecular weight is 347 g/mol. The number of hydrogen-bond acceptors (Lipinski definition) is 3. The van der Waals surface area contributed by atoms with E-state index in [1.54, 1.807) is 18.2 Å². The Morgan fingerprint density at radius 1 is 0.958 bits per heavy atom. The molecule has 1 fully saturated rings. The molecule has 2 aromatic carbocycles. The van der Waals surface area contributed by atoms with Crippen LogP contribution < -0.4 is 4.90 Å². The zero-order chi connectivity index (χ0) is 17.4. The van der Waals surface area contributed by atoms with Crippen LogP contribution in [0.1, 0.15) is 30.4 Å². The minimum atomic E-state index is -3.89. The molecule has 1 N–H and O–H groups in total. The molecule has 5 heteroatoms. The van der Waals surface area contributed by atoms with Crippen LogP contribution in [-0.4, -0.2) is 26.1 Å². The van der Waals surface area contributed by atoms with E-state index in [2.05, 4.69) is 35.2 Å². The summed E-state index contributed by atoms with van der Waals surface area (Å²) in [4.78, 5) is 2.48. The van der Waals surface area contributed by atoms with Crippen molar-refractivity contribution in [2.75, 3.05) is 18.0 Å². The molecule has 1 heterocycles. The van der Waals surface area contributed by atoms with Gasteiger partial charge in [0.1, 0.15) is 5.75 Å². The molecule has 0 spiro atoms. The number of piperidine rings is 1. The second kappa shape index (κ2) is 8.85. The summed E-state index contributed by atoms with van der Waals surface area (Å²) >= 11 is 0. The zero-order valence-electron chi connectivity index (χ0n) is 14.1. The van der Waals surface area contributed by atoms with Crippen molar-refractivity contribution < 1.29 is 13.0 Å². The fourth-order valence-corrected chi connectivity index (χ4v) is 3.40. The number of hydrogen-bond donors (Lipinski definition) is 1. The lowest BCUT2D eigenvalue weighted by Crippen LogP contribution is -2.29. The predicted octanol–water partition coefficient (Wildman–Crippen LogP) is 4.06. The van der Waals surface area contributed by atoms with Crippen LogP contribution in [0.2, 0.25) is 0 Å². The van der Waals surface area contributed by atoms with Crippen LogP contribution in [0.25, 0.3) is 0 Å². The lowest BCUT2D eigenvalue weighted by molar-refractivity contribution is 0.482. The summed E-state index contributed by atoms with van der Waals surface area (Å²) in [5.74, 6) is -0.311. The van der Waals surface area contributed by atoms with Gasteiger partial charge in [-0.3, -0.25) is 4.55 Å². The summed E-state index contributed by atoms with van der Waals surface area (Å²) in [6.07, 6.45) is 4.12. The van der Waals surface area contributed by atoms with Crippen LogP contribution in [0.5, 0.6) is 0 Å². The molecule has 3 rings (SSSR count). The van der Waals surface area contributed by atoms with Gasteiger partial charge < -0.3 is 4.90 Å². The number of rotatable bonds is 3. The summed E-state index contributed by atoms with van der Waals surface area (Å²) in [6.45, 7) is 4.35. The van der Waals surface area contributed by atoms with Crippen molar-refractivity contribution in [2.45, 2.75) is 31.9 Å². The zero-order valence-corrected chi connectivity index (χ0v) is 14.9. The minimum Gasteiger partial charge on any atom is -0.372 e. The highest BCUT2D eigenvalue weighted by Crippen LogP contribution is 2.18. The largest absolute Gasteiger partial charge is 0.372 e. The van der Waals surface area contributed by atoms with Crippen LogP contribution in [0.4, 0.5) is 5.69 Å². The Balaban J connectivity index is 0.000000174. The molecule has 130 valence electrons. The monoisotopic (exact) mass is 347 g/mol. The Labute approximate surface area is 144 Å². The molecule has 0 amide bonds. The molecule has 1 aliphatic heterocycles. The van der Waals surface area contributed by atoms with Gasteiger partial charge in [0.15, 0.2) is 0 Å². The second-order valence-corrected chi connectivity index (χ2v) is 7.55. The van der Waals surface area contributed by atoms with E-state index in [1.807, 2.05) is 13.0 Å². The molecule has 24 heavy (non-hydrogen) atoms. The number of nitrogens with zero attached hydrogens (tertiary/aromatic N) is 1. The van der Waals surface area contributed by atoms with Gasteiger partial charge in [0.05, 0.1) is 0 Å². The highest BCUT2D eigenvalue weighted by molar-refractivity contribution is 7.85. The van der Waals surface area contributed by atoms with Crippen molar-refractivity contribution >= 4 is 15.8 Å². The topological polar surface area (TPSA) is 57.6 Å². The highest BCUT2D eigenvalue weighted by Gasteiger charge is 2.09. The number of para-hydroxylation sites is 1. The van der Waals surface area contributed by atoms with E-state index in [0.717, 1.165) is 5.56 Å². The maximum atomic E-state index is 10.5. The third-order valence-corrected chi connectivity index (χ3v) is 4.61. The van der Waals surface area contributed by atoms with E-state index in [1.165, 1.54) is 38.0 Å². The van der Waals surface area contributed by atoms with E-state index in [4.69, 9.17) is 4.55 Å². The summed E-state index contributed by atoms with van der Waals surface area (Å²) in [6, 6.07) is 17.7. The van der Waals surface area contributed by atoms with Crippen molar-refractivity contribution in [3.63, 3.8) is 0 Å². The van der Waals surface area contributed by atoms with Gasteiger partial charge >= 0.3 is 0 Å². The molecule has 1 saturated heterocycles. The molecule has 1 aliphatic rings. The van der Waals surface area contributed by atoms with Crippen molar-refractivity contribution in [1.29, 1.82) is 0 Å². The number of anilines is 1. The van der Waals surface area contributed by atoms with E-state index < -0.39 is 10.1 Å². The normalized spacial score (nSPS) is 14.7. The van der Waals surface area contributed by atoms with Gasteiger partial charge in [0.25, 0.3) is 10.1 Å². The van der Waals surface area contributed by atoms with Gasteiger partial charge in [-0.2, -0.15) is 8.42 Å². The van der Waals surface area contributed by atoms with Gasteiger partial charge in [0, 0.05) is 18.8 Å². The maximum Gasteiger partial charge on any atom is 0.269 e. The first-order valence-electron chi connectivity index (χ1n) is 8.25. The molecular formula is C19H25NO3S. The third kappa shape index (κ3) is 6.72. The lowest BCUT2D eigenvalue weighted by Gasteiger charge is -2.28. The SMILES string of the molecule is Cc1cccc(CS(=O)(=O)O)c1.c1ccc(N2CCCCC2)cc1.